The smallest absolute Gasteiger partial charge is 0.137 e. The van der Waals surface area contributed by atoms with E-state index in [1.165, 1.54) is 31.7 Å². The molecule has 1 aromatic rings. The molecule has 1 fully saturated rings. The molecule has 0 amide bonds. The molecule has 0 bridgehead atoms. The second-order valence-corrected chi connectivity index (χ2v) is 6.21. The van der Waals surface area contributed by atoms with Crippen LogP contribution in [0.2, 0.25) is 0 Å². The van der Waals surface area contributed by atoms with Crippen molar-refractivity contribution in [2.45, 2.75) is 39.0 Å². The first-order valence-electron chi connectivity index (χ1n) is 6.80. The lowest BCUT2D eigenvalue weighted by Gasteiger charge is -2.42. The molecule has 1 aliphatic carbocycles. The van der Waals surface area contributed by atoms with Gasteiger partial charge in [0.15, 0.2) is 0 Å². The quantitative estimate of drug-likeness (QED) is 0.772. The van der Waals surface area contributed by atoms with Gasteiger partial charge in [-0.25, -0.2) is 4.39 Å². The maximum atomic E-state index is 13.5. The zero-order chi connectivity index (χ0) is 13.0. The number of rotatable bonds is 6. The van der Waals surface area contributed by atoms with Crippen LogP contribution in [-0.2, 0) is 6.42 Å². The van der Waals surface area contributed by atoms with Crippen LogP contribution in [0, 0.1) is 11.2 Å². The molecule has 1 aromatic carbocycles. The van der Waals surface area contributed by atoms with E-state index in [9.17, 15) is 4.39 Å². The summed E-state index contributed by atoms with van der Waals surface area (Å²) >= 11 is 3.37. The summed E-state index contributed by atoms with van der Waals surface area (Å²) in [4.78, 5) is 0. The van der Waals surface area contributed by atoms with Crippen molar-refractivity contribution in [3.05, 3.63) is 34.1 Å². The summed E-state index contributed by atoms with van der Waals surface area (Å²) in [6.07, 6.45) is 5.96. The minimum Gasteiger partial charge on any atom is -0.316 e. The van der Waals surface area contributed by atoms with Crippen molar-refractivity contribution in [3.8, 4) is 0 Å². The largest absolute Gasteiger partial charge is 0.316 e. The highest BCUT2D eigenvalue weighted by Gasteiger charge is 2.37. The van der Waals surface area contributed by atoms with Crippen LogP contribution in [0.3, 0.4) is 0 Å². The first-order valence-corrected chi connectivity index (χ1v) is 7.60. The summed E-state index contributed by atoms with van der Waals surface area (Å²) < 4.78 is 14.2. The molecule has 0 spiro atoms. The molecule has 0 aromatic heterocycles. The van der Waals surface area contributed by atoms with Gasteiger partial charge >= 0.3 is 0 Å². The van der Waals surface area contributed by atoms with Gasteiger partial charge in [0.2, 0.25) is 0 Å². The number of nitrogens with one attached hydrogen (secondary N) is 1. The van der Waals surface area contributed by atoms with E-state index in [0.29, 0.717) is 9.89 Å². The molecule has 0 unspecified atom stereocenters. The fraction of sp³-hybridized carbons (Fsp3) is 0.600. The third-order valence-electron chi connectivity index (χ3n) is 3.94. The van der Waals surface area contributed by atoms with E-state index in [1.54, 1.807) is 6.07 Å². The van der Waals surface area contributed by atoms with Crippen molar-refractivity contribution >= 4 is 15.9 Å². The Balaban J connectivity index is 2.03. The third-order valence-corrected chi connectivity index (χ3v) is 4.83. The van der Waals surface area contributed by atoms with Crippen LogP contribution in [0.1, 0.15) is 38.2 Å². The second kappa shape index (κ2) is 6.16. The van der Waals surface area contributed by atoms with Gasteiger partial charge in [0.05, 0.1) is 4.47 Å². The number of halogens is 2. The van der Waals surface area contributed by atoms with Crippen molar-refractivity contribution in [2.24, 2.45) is 5.41 Å². The first kappa shape index (κ1) is 14.0. The lowest BCUT2D eigenvalue weighted by Crippen LogP contribution is -2.42. The summed E-state index contributed by atoms with van der Waals surface area (Å²) in [6.45, 7) is 4.32. The fourth-order valence-corrected chi connectivity index (χ4v) is 3.12. The topological polar surface area (TPSA) is 12.0 Å². The molecule has 18 heavy (non-hydrogen) atoms. The van der Waals surface area contributed by atoms with Crippen LogP contribution in [0.5, 0.6) is 0 Å². The minimum absolute atomic E-state index is 0.150. The molecule has 3 heteroatoms. The van der Waals surface area contributed by atoms with Crippen molar-refractivity contribution in [1.82, 2.24) is 5.32 Å². The van der Waals surface area contributed by atoms with Crippen molar-refractivity contribution in [2.75, 3.05) is 13.1 Å². The van der Waals surface area contributed by atoms with Gasteiger partial charge in [-0.1, -0.05) is 25.5 Å². The minimum atomic E-state index is -0.150. The highest BCUT2D eigenvalue weighted by Crippen LogP contribution is 2.44. The maximum absolute atomic E-state index is 13.5. The van der Waals surface area contributed by atoms with Gasteiger partial charge in [0.25, 0.3) is 0 Å². The Morgan fingerprint density at radius 3 is 2.78 bits per heavy atom. The molecule has 0 radical (unpaired) electrons. The molecular weight excluding hydrogens is 293 g/mol. The highest BCUT2D eigenvalue weighted by molar-refractivity contribution is 9.10. The molecule has 100 valence electrons. The summed E-state index contributed by atoms with van der Waals surface area (Å²) in [5, 5.41) is 3.52. The Morgan fingerprint density at radius 1 is 1.39 bits per heavy atom. The van der Waals surface area contributed by atoms with Gasteiger partial charge in [0.1, 0.15) is 5.82 Å². The van der Waals surface area contributed by atoms with Crippen LogP contribution in [0.15, 0.2) is 22.7 Å². The summed E-state index contributed by atoms with van der Waals surface area (Å²) in [7, 11) is 0. The van der Waals surface area contributed by atoms with Crippen LogP contribution >= 0.6 is 15.9 Å². The molecule has 1 N–H and O–H groups in total. The van der Waals surface area contributed by atoms with Crippen LogP contribution in [0.4, 0.5) is 4.39 Å². The average Bonchev–Trinajstić information content (AvgIpc) is 2.31. The van der Waals surface area contributed by atoms with Gasteiger partial charge < -0.3 is 5.32 Å². The molecule has 1 nitrogen and oxygen atoms in total. The molecule has 1 saturated carbocycles. The van der Waals surface area contributed by atoms with Crippen molar-refractivity contribution in [3.63, 3.8) is 0 Å². The monoisotopic (exact) mass is 313 g/mol. The maximum Gasteiger partial charge on any atom is 0.137 e. The normalized spacial score (nSPS) is 17.5. The number of benzene rings is 1. The Labute approximate surface area is 117 Å². The SMILES string of the molecule is CCCNCC1(Cc2cccc(F)c2Br)CCC1. The molecule has 0 saturated heterocycles. The summed E-state index contributed by atoms with van der Waals surface area (Å²) in [5.41, 5.74) is 1.46. The molecular formula is C15H21BrFN. The molecule has 0 aliphatic heterocycles. The molecule has 0 atom stereocenters. The Kier molecular flexibility index (Phi) is 4.79. The van der Waals surface area contributed by atoms with Crippen molar-refractivity contribution in [1.29, 1.82) is 0 Å². The van der Waals surface area contributed by atoms with Gasteiger partial charge in [-0.15, -0.1) is 0 Å². The number of hydrogen-bond acceptors (Lipinski definition) is 1. The third kappa shape index (κ3) is 3.12. The van der Waals surface area contributed by atoms with Gasteiger partial charge in [-0.3, -0.25) is 0 Å². The van der Waals surface area contributed by atoms with Crippen LogP contribution < -0.4 is 5.32 Å². The van der Waals surface area contributed by atoms with Crippen LogP contribution in [-0.4, -0.2) is 13.1 Å². The highest BCUT2D eigenvalue weighted by atomic mass is 79.9. The average molecular weight is 314 g/mol. The molecule has 0 heterocycles. The first-order chi connectivity index (χ1) is 8.67. The Morgan fingerprint density at radius 2 is 2.17 bits per heavy atom. The predicted molar refractivity (Wildman–Crippen MR) is 77.2 cm³/mol. The van der Waals surface area contributed by atoms with E-state index in [0.717, 1.165) is 25.1 Å². The lowest BCUT2D eigenvalue weighted by molar-refractivity contribution is 0.130. The van der Waals surface area contributed by atoms with Gasteiger partial charge in [0, 0.05) is 6.54 Å². The predicted octanol–water partition coefficient (Wildman–Crippen LogP) is 4.30. The Hall–Kier alpha value is -0.410. The molecule has 2 rings (SSSR count). The van der Waals surface area contributed by atoms with E-state index in [-0.39, 0.29) is 5.82 Å². The fourth-order valence-electron chi connectivity index (χ4n) is 2.71. The van der Waals surface area contributed by atoms with E-state index in [4.69, 9.17) is 0 Å². The van der Waals surface area contributed by atoms with Gasteiger partial charge in [-0.2, -0.15) is 0 Å². The second-order valence-electron chi connectivity index (χ2n) is 5.42. The lowest BCUT2D eigenvalue weighted by atomic mass is 9.65. The zero-order valence-corrected chi connectivity index (χ0v) is 12.5. The van der Waals surface area contributed by atoms with E-state index in [2.05, 4.69) is 28.2 Å². The number of hydrogen-bond donors (Lipinski definition) is 1. The van der Waals surface area contributed by atoms with E-state index < -0.39 is 0 Å². The van der Waals surface area contributed by atoms with Crippen LogP contribution in [0.25, 0.3) is 0 Å². The summed E-state index contributed by atoms with van der Waals surface area (Å²) in [5.74, 6) is -0.150. The van der Waals surface area contributed by atoms with E-state index >= 15 is 0 Å². The van der Waals surface area contributed by atoms with Crippen molar-refractivity contribution < 1.29 is 4.39 Å². The van der Waals surface area contributed by atoms with E-state index in [1.807, 2.05) is 6.07 Å². The molecule has 1 aliphatic rings. The Bertz CT molecular complexity index is 401. The zero-order valence-electron chi connectivity index (χ0n) is 10.9. The van der Waals surface area contributed by atoms with Gasteiger partial charge in [-0.05, 0) is 65.2 Å². The standard InChI is InChI=1S/C15H21BrFN/c1-2-9-18-11-15(7-4-8-15)10-12-5-3-6-13(17)14(12)16/h3,5-6,18H,2,4,7-11H2,1H3. The summed E-state index contributed by atoms with van der Waals surface area (Å²) in [6, 6.07) is 5.35.